The number of halogens is 3. The van der Waals surface area contributed by atoms with Crippen LogP contribution in [0.3, 0.4) is 0 Å². The molecule has 0 saturated carbocycles. The Morgan fingerprint density at radius 2 is 2.12 bits per heavy atom. The first kappa shape index (κ1) is 19.2. The molecule has 0 bridgehead atoms. The highest BCUT2D eigenvalue weighted by Crippen LogP contribution is 2.28. The lowest BCUT2D eigenvalue weighted by molar-refractivity contribution is -0.141. The van der Waals surface area contributed by atoms with Crippen molar-refractivity contribution in [2.75, 3.05) is 26.2 Å². The van der Waals surface area contributed by atoms with Crippen LogP contribution in [0.1, 0.15) is 34.6 Å². The molecule has 138 valence electrons. The van der Waals surface area contributed by atoms with Crippen molar-refractivity contribution in [3.8, 4) is 0 Å². The average molecular weight is 358 g/mol. The monoisotopic (exact) mass is 358 g/mol. The number of piperidine rings is 1. The Bertz CT molecular complexity index is 649. The third kappa shape index (κ3) is 4.68. The van der Waals surface area contributed by atoms with E-state index in [1.807, 2.05) is 0 Å². The van der Waals surface area contributed by atoms with Gasteiger partial charge >= 0.3 is 6.18 Å². The van der Waals surface area contributed by atoms with Crippen LogP contribution in [0.5, 0.6) is 0 Å². The maximum Gasteiger partial charge on any atom is 0.433 e. The normalized spacial score (nSPS) is 18.1. The molecule has 6 nitrogen and oxygen atoms in total. The van der Waals surface area contributed by atoms with Crippen LogP contribution in [0.4, 0.5) is 13.2 Å². The van der Waals surface area contributed by atoms with Gasteiger partial charge in [-0.15, -0.1) is 0 Å². The number of alkyl halides is 3. The number of aryl methyl sites for hydroxylation is 1. The molecule has 2 amide bonds. The van der Waals surface area contributed by atoms with Crippen molar-refractivity contribution in [1.82, 2.24) is 15.2 Å². The first-order valence-electron chi connectivity index (χ1n) is 8.06. The summed E-state index contributed by atoms with van der Waals surface area (Å²) in [6.07, 6.45) is -3.24. The fraction of sp³-hybridized carbons (Fsp3) is 0.562. The number of likely N-dealkylation sites (tertiary alicyclic amines) is 1. The number of nitrogens with two attached hydrogens (primary N) is 1. The van der Waals surface area contributed by atoms with Crippen molar-refractivity contribution >= 4 is 11.8 Å². The number of nitrogens with one attached hydrogen (secondary N) is 1. The number of amides is 2. The lowest BCUT2D eigenvalue weighted by Gasteiger charge is -2.32. The summed E-state index contributed by atoms with van der Waals surface area (Å²) in [7, 11) is 0. The first-order chi connectivity index (χ1) is 11.7. The van der Waals surface area contributed by atoms with Gasteiger partial charge in [0.25, 0.3) is 5.91 Å². The summed E-state index contributed by atoms with van der Waals surface area (Å²) in [4.78, 5) is 29.6. The molecule has 1 aromatic rings. The van der Waals surface area contributed by atoms with Crippen molar-refractivity contribution < 1.29 is 22.8 Å². The van der Waals surface area contributed by atoms with E-state index in [-0.39, 0.29) is 29.6 Å². The van der Waals surface area contributed by atoms with Crippen molar-refractivity contribution in [3.05, 3.63) is 29.1 Å². The summed E-state index contributed by atoms with van der Waals surface area (Å²) < 4.78 is 38.1. The predicted octanol–water partition coefficient (Wildman–Crippen LogP) is 1.34. The van der Waals surface area contributed by atoms with Gasteiger partial charge in [0.1, 0.15) is 5.69 Å². The van der Waals surface area contributed by atoms with Crippen LogP contribution in [0.25, 0.3) is 0 Å². The van der Waals surface area contributed by atoms with E-state index in [4.69, 9.17) is 5.73 Å². The molecule has 0 radical (unpaired) electrons. The summed E-state index contributed by atoms with van der Waals surface area (Å²) >= 11 is 0. The highest BCUT2D eigenvalue weighted by atomic mass is 19.4. The molecule has 0 spiro atoms. The molecule has 0 aliphatic carbocycles. The third-order valence-corrected chi connectivity index (χ3v) is 4.13. The van der Waals surface area contributed by atoms with Crippen LogP contribution in [-0.2, 0) is 11.0 Å². The zero-order valence-corrected chi connectivity index (χ0v) is 13.9. The number of carbonyl (C=O) groups excluding carboxylic acids is 2. The maximum absolute atomic E-state index is 12.7. The molecule has 2 heterocycles. The summed E-state index contributed by atoms with van der Waals surface area (Å²) in [5, 5.41) is 2.70. The van der Waals surface area contributed by atoms with Crippen molar-refractivity contribution in [2.45, 2.75) is 25.9 Å². The van der Waals surface area contributed by atoms with Crippen molar-refractivity contribution in [2.24, 2.45) is 11.7 Å². The Morgan fingerprint density at radius 1 is 1.40 bits per heavy atom. The number of aromatic nitrogens is 1. The van der Waals surface area contributed by atoms with E-state index in [9.17, 15) is 22.8 Å². The summed E-state index contributed by atoms with van der Waals surface area (Å²) in [6, 6.07) is 1.95. The Morgan fingerprint density at radius 3 is 2.72 bits per heavy atom. The van der Waals surface area contributed by atoms with Crippen LogP contribution in [-0.4, -0.2) is 47.9 Å². The van der Waals surface area contributed by atoms with E-state index in [1.54, 1.807) is 0 Å². The molecule has 1 saturated heterocycles. The molecular weight excluding hydrogens is 337 g/mol. The second kappa shape index (κ2) is 7.81. The Kier molecular flexibility index (Phi) is 5.99. The molecule has 0 aromatic carbocycles. The lowest BCUT2D eigenvalue weighted by Crippen LogP contribution is -2.46. The Labute approximate surface area is 143 Å². The fourth-order valence-electron chi connectivity index (χ4n) is 2.83. The second-order valence-corrected chi connectivity index (χ2v) is 6.00. The van der Waals surface area contributed by atoms with Crippen LogP contribution in [0.15, 0.2) is 12.1 Å². The minimum atomic E-state index is -4.55. The Balaban J connectivity index is 2.11. The quantitative estimate of drug-likeness (QED) is 0.850. The zero-order chi connectivity index (χ0) is 18.6. The molecule has 1 atom stereocenters. The lowest BCUT2D eigenvalue weighted by atomic mass is 9.96. The Hall–Kier alpha value is -2.16. The van der Waals surface area contributed by atoms with Crippen LogP contribution >= 0.6 is 0 Å². The third-order valence-electron chi connectivity index (χ3n) is 4.13. The molecular formula is C16H21F3N4O2. The molecule has 25 heavy (non-hydrogen) atoms. The van der Waals surface area contributed by atoms with E-state index >= 15 is 0 Å². The van der Waals surface area contributed by atoms with E-state index in [0.717, 1.165) is 12.1 Å². The molecule has 1 unspecified atom stereocenters. The van der Waals surface area contributed by atoms with Crippen molar-refractivity contribution in [1.29, 1.82) is 0 Å². The topological polar surface area (TPSA) is 88.3 Å². The second-order valence-electron chi connectivity index (χ2n) is 6.00. The average Bonchev–Trinajstić information content (AvgIpc) is 2.58. The maximum atomic E-state index is 12.7. The predicted molar refractivity (Wildman–Crippen MR) is 84.7 cm³/mol. The van der Waals surface area contributed by atoms with E-state index in [0.29, 0.717) is 32.5 Å². The molecule has 9 heteroatoms. The van der Waals surface area contributed by atoms with Gasteiger partial charge in [0, 0.05) is 26.2 Å². The fourth-order valence-corrected chi connectivity index (χ4v) is 2.83. The van der Waals surface area contributed by atoms with Gasteiger partial charge in [0.05, 0.1) is 17.2 Å². The summed E-state index contributed by atoms with van der Waals surface area (Å²) in [5.74, 6) is -0.910. The van der Waals surface area contributed by atoms with Crippen molar-refractivity contribution in [3.63, 3.8) is 0 Å². The molecule has 3 N–H and O–H groups in total. The van der Waals surface area contributed by atoms with Gasteiger partial charge in [0.15, 0.2) is 0 Å². The van der Waals surface area contributed by atoms with Gasteiger partial charge in [-0.3, -0.25) is 9.59 Å². The minimum Gasteiger partial charge on any atom is -0.355 e. The van der Waals surface area contributed by atoms with Gasteiger partial charge in [-0.2, -0.15) is 13.2 Å². The largest absolute Gasteiger partial charge is 0.433 e. The molecule has 1 aliphatic rings. The standard InChI is InChI=1S/C16H21F3N4O2/c1-10-12(4-5-13(22-10)16(17,18)19)15(25)23-8-2-3-11(9-23)14(24)21-7-6-20/h4-5,11H,2-3,6-9,20H2,1H3,(H,21,24). The van der Waals surface area contributed by atoms with Gasteiger partial charge in [-0.1, -0.05) is 0 Å². The van der Waals surface area contributed by atoms with Gasteiger partial charge < -0.3 is 16.0 Å². The summed E-state index contributed by atoms with van der Waals surface area (Å²) in [6.45, 7) is 2.76. The number of hydrogen-bond acceptors (Lipinski definition) is 4. The highest BCUT2D eigenvalue weighted by molar-refractivity contribution is 5.95. The SMILES string of the molecule is Cc1nc(C(F)(F)F)ccc1C(=O)N1CCCC(C(=O)NCCN)C1. The smallest absolute Gasteiger partial charge is 0.355 e. The van der Waals surface area contributed by atoms with E-state index in [2.05, 4.69) is 10.3 Å². The molecule has 2 rings (SSSR count). The number of hydrogen-bond donors (Lipinski definition) is 2. The highest BCUT2D eigenvalue weighted by Gasteiger charge is 2.34. The molecule has 1 aromatic heterocycles. The van der Waals surface area contributed by atoms with Crippen LogP contribution in [0, 0.1) is 12.8 Å². The van der Waals surface area contributed by atoms with Crippen LogP contribution < -0.4 is 11.1 Å². The molecule has 1 aliphatic heterocycles. The van der Waals surface area contributed by atoms with Gasteiger partial charge in [-0.25, -0.2) is 4.98 Å². The minimum absolute atomic E-state index is 0.0227. The molecule has 1 fully saturated rings. The van der Waals surface area contributed by atoms with Gasteiger partial charge in [0.2, 0.25) is 5.91 Å². The van der Waals surface area contributed by atoms with E-state index < -0.39 is 17.8 Å². The number of rotatable bonds is 4. The van der Waals surface area contributed by atoms with Gasteiger partial charge in [-0.05, 0) is 31.9 Å². The van der Waals surface area contributed by atoms with E-state index in [1.165, 1.54) is 11.8 Å². The van der Waals surface area contributed by atoms with Crippen LogP contribution in [0.2, 0.25) is 0 Å². The first-order valence-corrected chi connectivity index (χ1v) is 8.06. The summed E-state index contributed by atoms with van der Waals surface area (Å²) in [5.41, 5.74) is 4.47. The number of carbonyl (C=O) groups is 2. The number of pyridine rings is 1. The zero-order valence-electron chi connectivity index (χ0n) is 13.9. The number of nitrogens with zero attached hydrogens (tertiary/aromatic N) is 2.